The molecule has 2 N–H and O–H groups in total. The number of nitrogens with one attached hydrogen (secondary N) is 1. The van der Waals surface area contributed by atoms with E-state index in [0.717, 1.165) is 12.5 Å². The van der Waals surface area contributed by atoms with Crippen LogP contribution in [0.5, 0.6) is 5.75 Å². The van der Waals surface area contributed by atoms with Gasteiger partial charge >= 0.3 is 5.97 Å². The third-order valence-corrected chi connectivity index (χ3v) is 5.07. The van der Waals surface area contributed by atoms with Crippen molar-refractivity contribution in [3.63, 3.8) is 0 Å². The summed E-state index contributed by atoms with van der Waals surface area (Å²) >= 11 is 0. The van der Waals surface area contributed by atoms with Crippen molar-refractivity contribution in [1.29, 1.82) is 0 Å². The molecule has 1 aliphatic rings. The Labute approximate surface area is 124 Å². The van der Waals surface area contributed by atoms with E-state index in [9.17, 15) is 13.2 Å². The fourth-order valence-electron chi connectivity index (χ4n) is 2.05. The van der Waals surface area contributed by atoms with E-state index in [1.165, 1.54) is 12.1 Å². The maximum absolute atomic E-state index is 12.3. The molecule has 1 atom stereocenters. The van der Waals surface area contributed by atoms with Crippen LogP contribution in [0.15, 0.2) is 23.1 Å². The van der Waals surface area contributed by atoms with E-state index in [0.29, 0.717) is 6.61 Å². The highest BCUT2D eigenvalue weighted by atomic mass is 32.2. The molecule has 6 nitrogen and oxygen atoms in total. The number of carboxylic acids is 1. The van der Waals surface area contributed by atoms with Gasteiger partial charge in [0.05, 0.1) is 11.5 Å². The van der Waals surface area contributed by atoms with E-state index in [4.69, 9.17) is 9.84 Å². The topological polar surface area (TPSA) is 92.7 Å². The van der Waals surface area contributed by atoms with Crippen LogP contribution in [0.4, 0.5) is 0 Å². The zero-order valence-corrected chi connectivity index (χ0v) is 13.0. The molecule has 0 saturated heterocycles. The molecule has 0 radical (unpaired) electrons. The van der Waals surface area contributed by atoms with Crippen LogP contribution >= 0.6 is 0 Å². The average molecular weight is 313 g/mol. The minimum absolute atomic E-state index is 0.0477. The molecule has 1 aliphatic carbocycles. The van der Waals surface area contributed by atoms with Gasteiger partial charge in [0, 0.05) is 6.04 Å². The first-order chi connectivity index (χ1) is 9.67. The van der Waals surface area contributed by atoms with Crippen molar-refractivity contribution in [2.24, 2.45) is 5.41 Å². The van der Waals surface area contributed by atoms with Crippen LogP contribution in [0.2, 0.25) is 0 Å². The molecule has 0 aliphatic heterocycles. The smallest absolute Gasteiger partial charge is 0.339 e. The van der Waals surface area contributed by atoms with E-state index >= 15 is 0 Å². The predicted octanol–water partition coefficient (Wildman–Crippen LogP) is 1.86. The largest absolute Gasteiger partial charge is 0.493 e. The molecule has 1 saturated carbocycles. The highest BCUT2D eigenvalue weighted by Gasteiger charge is 2.47. The molecule has 0 amide bonds. The molecule has 21 heavy (non-hydrogen) atoms. The van der Waals surface area contributed by atoms with Crippen molar-refractivity contribution in [2.75, 3.05) is 6.61 Å². The van der Waals surface area contributed by atoms with Crippen LogP contribution < -0.4 is 9.46 Å². The Morgan fingerprint density at radius 1 is 1.48 bits per heavy atom. The van der Waals surface area contributed by atoms with Crippen molar-refractivity contribution in [3.05, 3.63) is 23.8 Å². The first-order valence-corrected chi connectivity index (χ1v) is 8.18. The number of rotatable bonds is 6. The summed E-state index contributed by atoms with van der Waals surface area (Å²) in [6.45, 7) is 5.98. The maximum atomic E-state index is 12.3. The van der Waals surface area contributed by atoms with Gasteiger partial charge in [0.15, 0.2) is 0 Å². The highest BCUT2D eigenvalue weighted by Crippen LogP contribution is 2.45. The van der Waals surface area contributed by atoms with Gasteiger partial charge in [-0.3, -0.25) is 0 Å². The quantitative estimate of drug-likeness (QED) is 0.836. The number of ether oxygens (including phenoxy) is 1. The molecule has 0 aromatic heterocycles. The molecule has 0 heterocycles. The number of carboxylic acid groups (broad SMARTS) is 1. The minimum atomic E-state index is -3.72. The van der Waals surface area contributed by atoms with Gasteiger partial charge in [-0.1, -0.05) is 13.8 Å². The van der Waals surface area contributed by atoms with Crippen molar-refractivity contribution in [3.8, 4) is 5.75 Å². The lowest BCUT2D eigenvalue weighted by Gasteiger charge is -2.11. The summed E-state index contributed by atoms with van der Waals surface area (Å²) in [6, 6.07) is 3.75. The number of hydrogen-bond donors (Lipinski definition) is 2. The Morgan fingerprint density at radius 3 is 2.57 bits per heavy atom. The van der Waals surface area contributed by atoms with Gasteiger partial charge in [-0.05, 0) is 37.0 Å². The SMILES string of the molecule is CCOc1ccc(S(=O)(=O)NC2CC2(C)C)cc1C(=O)O. The average Bonchev–Trinajstić information content (AvgIpc) is 2.95. The molecule has 2 rings (SSSR count). The summed E-state index contributed by atoms with van der Waals surface area (Å²) in [7, 11) is -3.72. The van der Waals surface area contributed by atoms with Crippen LogP contribution in [0.3, 0.4) is 0 Å². The summed E-state index contributed by atoms with van der Waals surface area (Å²) in [6.07, 6.45) is 0.773. The molecule has 116 valence electrons. The van der Waals surface area contributed by atoms with E-state index in [2.05, 4.69) is 4.72 Å². The molecule has 7 heteroatoms. The van der Waals surface area contributed by atoms with Crippen LogP contribution in [-0.2, 0) is 10.0 Å². The molecule has 1 unspecified atom stereocenters. The lowest BCUT2D eigenvalue weighted by molar-refractivity contribution is 0.0692. The Hall–Kier alpha value is -1.60. The number of sulfonamides is 1. The number of aromatic carboxylic acids is 1. The number of hydrogen-bond acceptors (Lipinski definition) is 4. The maximum Gasteiger partial charge on any atom is 0.339 e. The van der Waals surface area contributed by atoms with E-state index in [1.807, 2.05) is 13.8 Å². The molecule has 0 bridgehead atoms. The standard InChI is InChI=1S/C14H19NO5S/c1-4-20-11-6-5-9(7-10(11)13(16)17)21(18,19)15-12-8-14(12,2)3/h5-7,12,15H,4,8H2,1-3H3,(H,16,17). The summed E-state index contributed by atoms with van der Waals surface area (Å²) < 4.78 is 32.3. The lowest BCUT2D eigenvalue weighted by atomic mass is 10.2. The van der Waals surface area contributed by atoms with Crippen LogP contribution in [0, 0.1) is 5.41 Å². The highest BCUT2D eigenvalue weighted by molar-refractivity contribution is 7.89. The van der Waals surface area contributed by atoms with Gasteiger partial charge in [-0.25, -0.2) is 17.9 Å². The van der Waals surface area contributed by atoms with Gasteiger partial charge in [0.25, 0.3) is 0 Å². The minimum Gasteiger partial charge on any atom is -0.493 e. The Morgan fingerprint density at radius 2 is 2.10 bits per heavy atom. The van der Waals surface area contributed by atoms with Gasteiger partial charge < -0.3 is 9.84 Å². The predicted molar refractivity (Wildman–Crippen MR) is 77.1 cm³/mol. The molecule has 0 spiro atoms. The van der Waals surface area contributed by atoms with Crippen molar-refractivity contribution in [2.45, 2.75) is 38.1 Å². The monoisotopic (exact) mass is 313 g/mol. The Kier molecular flexibility index (Phi) is 3.99. The summed E-state index contributed by atoms with van der Waals surface area (Å²) in [4.78, 5) is 11.2. The molecular formula is C14H19NO5S. The Bertz CT molecular complexity index is 666. The van der Waals surface area contributed by atoms with Crippen LogP contribution in [0.1, 0.15) is 37.6 Å². The third kappa shape index (κ3) is 3.36. The fourth-order valence-corrected chi connectivity index (χ4v) is 3.48. The van der Waals surface area contributed by atoms with Crippen molar-refractivity contribution in [1.82, 2.24) is 4.72 Å². The molecular weight excluding hydrogens is 294 g/mol. The van der Waals surface area contributed by atoms with Gasteiger partial charge in [0.1, 0.15) is 11.3 Å². The number of benzene rings is 1. The summed E-state index contributed by atoms with van der Waals surface area (Å²) in [5.41, 5.74) is -0.205. The Balaban J connectivity index is 2.31. The fraction of sp³-hybridized carbons (Fsp3) is 0.500. The van der Waals surface area contributed by atoms with Crippen LogP contribution in [-0.4, -0.2) is 32.1 Å². The van der Waals surface area contributed by atoms with Gasteiger partial charge in [-0.15, -0.1) is 0 Å². The van der Waals surface area contributed by atoms with E-state index < -0.39 is 16.0 Å². The third-order valence-electron chi connectivity index (χ3n) is 3.60. The second-order valence-electron chi connectivity index (χ2n) is 5.76. The second kappa shape index (κ2) is 5.31. The van der Waals surface area contributed by atoms with Crippen molar-refractivity contribution >= 4 is 16.0 Å². The van der Waals surface area contributed by atoms with E-state index in [1.54, 1.807) is 6.92 Å². The second-order valence-corrected chi connectivity index (χ2v) is 7.48. The molecule has 1 fully saturated rings. The van der Waals surface area contributed by atoms with Crippen molar-refractivity contribution < 1.29 is 23.1 Å². The first-order valence-electron chi connectivity index (χ1n) is 6.70. The summed E-state index contributed by atoms with van der Waals surface area (Å²) in [5.74, 6) is -1.06. The zero-order valence-electron chi connectivity index (χ0n) is 12.2. The van der Waals surface area contributed by atoms with E-state index in [-0.39, 0.29) is 27.7 Å². The zero-order chi connectivity index (χ0) is 15.8. The molecule has 1 aromatic rings. The lowest BCUT2D eigenvalue weighted by Crippen LogP contribution is -2.28. The van der Waals surface area contributed by atoms with Crippen LogP contribution in [0.25, 0.3) is 0 Å². The van der Waals surface area contributed by atoms with Gasteiger partial charge in [0.2, 0.25) is 10.0 Å². The summed E-state index contributed by atoms with van der Waals surface area (Å²) in [5, 5.41) is 9.16. The van der Waals surface area contributed by atoms with Gasteiger partial charge in [-0.2, -0.15) is 0 Å². The number of carbonyl (C=O) groups is 1. The normalized spacial score (nSPS) is 20.0. The first kappa shape index (κ1) is 15.8. The molecule has 1 aromatic carbocycles.